The molecule has 1 atom stereocenters. The van der Waals surface area contributed by atoms with E-state index in [0.29, 0.717) is 0 Å². The first-order valence-electron chi connectivity index (χ1n) is 9.06. The lowest BCUT2D eigenvalue weighted by Gasteiger charge is -2.16. The number of carbonyl (C=O) groups is 1. The van der Waals surface area contributed by atoms with Crippen LogP contribution in [0.5, 0.6) is 0 Å². The third-order valence-electron chi connectivity index (χ3n) is 4.97. The second kappa shape index (κ2) is 7.64. The zero-order chi connectivity index (χ0) is 18.6. The van der Waals surface area contributed by atoms with Gasteiger partial charge in [-0.2, -0.15) is 0 Å². The van der Waals surface area contributed by atoms with Gasteiger partial charge in [0, 0.05) is 5.92 Å². The predicted molar refractivity (Wildman–Crippen MR) is 104 cm³/mol. The maximum atomic E-state index is 12.1. The molecule has 2 N–H and O–H groups in total. The summed E-state index contributed by atoms with van der Waals surface area (Å²) in [6.45, 7) is 0.377. The van der Waals surface area contributed by atoms with Crippen LogP contribution in [0.4, 0.5) is 4.79 Å². The minimum atomic E-state index is -0.758. The molecule has 0 saturated carbocycles. The number of carbonyl (C=O) groups excluding carboxylic acids is 1. The van der Waals surface area contributed by atoms with Gasteiger partial charge in [0.1, 0.15) is 6.61 Å². The Hall–Kier alpha value is -3.11. The van der Waals surface area contributed by atoms with Crippen LogP contribution in [0.1, 0.15) is 28.7 Å². The van der Waals surface area contributed by atoms with Gasteiger partial charge < -0.3 is 15.2 Å². The third-order valence-corrected chi connectivity index (χ3v) is 4.97. The van der Waals surface area contributed by atoms with E-state index < -0.39 is 12.2 Å². The van der Waals surface area contributed by atoms with Gasteiger partial charge in [-0.25, -0.2) is 4.79 Å². The average molecular weight is 359 g/mol. The van der Waals surface area contributed by atoms with Gasteiger partial charge >= 0.3 is 6.09 Å². The Labute approximate surface area is 158 Å². The number of hydrogen-bond donors (Lipinski definition) is 2. The Morgan fingerprint density at radius 2 is 1.44 bits per heavy atom. The molecule has 1 aliphatic carbocycles. The molecule has 0 aromatic heterocycles. The number of aliphatic hydroxyl groups is 1. The smallest absolute Gasteiger partial charge is 0.407 e. The second-order valence-electron chi connectivity index (χ2n) is 6.63. The van der Waals surface area contributed by atoms with E-state index >= 15 is 0 Å². The molecule has 0 spiro atoms. The van der Waals surface area contributed by atoms with Crippen LogP contribution in [0.2, 0.25) is 0 Å². The largest absolute Gasteiger partial charge is 0.449 e. The molecule has 3 aromatic rings. The lowest BCUT2D eigenvalue weighted by Crippen LogP contribution is -2.30. The second-order valence-corrected chi connectivity index (χ2v) is 6.63. The Morgan fingerprint density at radius 1 is 0.889 bits per heavy atom. The lowest BCUT2D eigenvalue weighted by molar-refractivity contribution is 0.128. The van der Waals surface area contributed by atoms with Crippen molar-refractivity contribution in [2.45, 2.75) is 12.0 Å². The molecule has 1 aliphatic rings. The van der Waals surface area contributed by atoms with Crippen LogP contribution in [0.25, 0.3) is 11.1 Å². The lowest BCUT2D eigenvalue weighted by atomic mass is 9.98. The van der Waals surface area contributed by atoms with Gasteiger partial charge in [-0.3, -0.25) is 0 Å². The Bertz CT molecular complexity index is 894. The van der Waals surface area contributed by atoms with E-state index in [9.17, 15) is 9.90 Å². The van der Waals surface area contributed by atoms with E-state index in [1.165, 1.54) is 22.3 Å². The minimum absolute atomic E-state index is 0.0298. The molecule has 4 nitrogen and oxygen atoms in total. The summed E-state index contributed by atoms with van der Waals surface area (Å²) in [4.78, 5) is 12.1. The van der Waals surface area contributed by atoms with Crippen LogP contribution in [-0.4, -0.2) is 24.4 Å². The summed E-state index contributed by atoms with van der Waals surface area (Å²) in [5, 5.41) is 12.8. The van der Waals surface area contributed by atoms with Crippen molar-refractivity contribution in [2.75, 3.05) is 13.2 Å². The van der Waals surface area contributed by atoms with E-state index in [-0.39, 0.29) is 19.1 Å². The minimum Gasteiger partial charge on any atom is -0.449 e. The molecule has 136 valence electrons. The highest BCUT2D eigenvalue weighted by Gasteiger charge is 2.29. The van der Waals surface area contributed by atoms with Crippen molar-refractivity contribution < 1.29 is 14.6 Å². The molecule has 0 bridgehead atoms. The zero-order valence-electron chi connectivity index (χ0n) is 14.8. The van der Waals surface area contributed by atoms with Gasteiger partial charge in [0.15, 0.2) is 0 Å². The first-order chi connectivity index (χ1) is 13.2. The normalized spacial score (nSPS) is 13.5. The first-order valence-corrected chi connectivity index (χ1v) is 9.06. The molecule has 4 rings (SSSR count). The van der Waals surface area contributed by atoms with Crippen molar-refractivity contribution >= 4 is 6.09 Å². The number of rotatable bonds is 5. The average Bonchev–Trinajstić information content (AvgIpc) is 3.05. The maximum Gasteiger partial charge on any atom is 0.407 e. The summed E-state index contributed by atoms with van der Waals surface area (Å²) in [7, 11) is 0. The topological polar surface area (TPSA) is 58.6 Å². The van der Waals surface area contributed by atoms with E-state index in [1.807, 2.05) is 54.6 Å². The number of fused-ring (bicyclic) bond motifs is 3. The van der Waals surface area contributed by atoms with Crippen molar-refractivity contribution in [3.05, 3.63) is 95.6 Å². The van der Waals surface area contributed by atoms with Gasteiger partial charge in [0.2, 0.25) is 0 Å². The quantitative estimate of drug-likeness (QED) is 0.716. The third kappa shape index (κ3) is 3.57. The highest BCUT2D eigenvalue weighted by atomic mass is 16.5. The van der Waals surface area contributed by atoms with Crippen LogP contribution in [0.3, 0.4) is 0 Å². The zero-order valence-corrected chi connectivity index (χ0v) is 14.8. The number of aliphatic hydroxyl groups excluding tert-OH is 1. The Balaban J connectivity index is 1.38. The molecular weight excluding hydrogens is 338 g/mol. The number of alkyl carbamates (subject to hydrolysis) is 1. The molecule has 0 saturated heterocycles. The van der Waals surface area contributed by atoms with E-state index in [4.69, 9.17) is 4.74 Å². The van der Waals surface area contributed by atoms with Crippen LogP contribution >= 0.6 is 0 Å². The van der Waals surface area contributed by atoms with E-state index in [2.05, 4.69) is 29.6 Å². The fraction of sp³-hybridized carbons (Fsp3) is 0.174. The summed E-state index contributed by atoms with van der Waals surface area (Å²) < 4.78 is 5.46. The number of nitrogens with one attached hydrogen (secondary N) is 1. The van der Waals surface area contributed by atoms with Crippen molar-refractivity contribution in [3.63, 3.8) is 0 Å². The van der Waals surface area contributed by atoms with Gasteiger partial charge in [-0.1, -0.05) is 78.9 Å². The summed E-state index contributed by atoms with van der Waals surface area (Å²) in [6.07, 6.45) is -1.28. The van der Waals surface area contributed by atoms with Gasteiger partial charge in [-0.05, 0) is 27.8 Å². The SMILES string of the molecule is O=C(NC[C@H](O)c1ccccc1)OCC1c2ccccc2-c2ccccc21. The number of benzene rings is 3. The molecule has 0 heterocycles. The Kier molecular flexibility index (Phi) is 4.90. The van der Waals surface area contributed by atoms with Gasteiger partial charge in [0.05, 0.1) is 12.6 Å². The van der Waals surface area contributed by atoms with Crippen LogP contribution in [0, 0.1) is 0 Å². The number of amides is 1. The monoisotopic (exact) mass is 359 g/mol. The van der Waals surface area contributed by atoms with Gasteiger partial charge in [0.25, 0.3) is 0 Å². The first kappa shape index (κ1) is 17.3. The summed E-state index contributed by atoms with van der Waals surface area (Å²) in [5.74, 6) is 0.0298. The van der Waals surface area contributed by atoms with E-state index in [0.717, 1.165) is 5.56 Å². The van der Waals surface area contributed by atoms with Crippen LogP contribution < -0.4 is 5.32 Å². The number of ether oxygens (including phenoxy) is 1. The summed E-state index contributed by atoms with van der Waals surface area (Å²) in [5.41, 5.74) is 5.51. The Morgan fingerprint density at radius 3 is 2.07 bits per heavy atom. The number of hydrogen-bond acceptors (Lipinski definition) is 3. The van der Waals surface area contributed by atoms with Crippen molar-refractivity contribution in [3.8, 4) is 11.1 Å². The molecule has 0 unspecified atom stereocenters. The molecule has 1 amide bonds. The molecule has 3 aromatic carbocycles. The van der Waals surface area contributed by atoms with Crippen molar-refractivity contribution in [1.29, 1.82) is 0 Å². The fourth-order valence-corrected chi connectivity index (χ4v) is 3.62. The standard InChI is InChI=1S/C23H21NO3/c25-22(16-8-2-1-3-9-16)14-24-23(26)27-15-21-19-12-6-4-10-17(19)18-11-5-7-13-20(18)21/h1-13,21-22,25H,14-15H2,(H,24,26)/t22-/m0/s1. The molecule has 0 radical (unpaired) electrons. The maximum absolute atomic E-state index is 12.1. The molecule has 4 heteroatoms. The highest BCUT2D eigenvalue weighted by Crippen LogP contribution is 2.44. The van der Waals surface area contributed by atoms with Crippen LogP contribution in [0.15, 0.2) is 78.9 Å². The predicted octanol–water partition coefficient (Wildman–Crippen LogP) is 4.26. The fourth-order valence-electron chi connectivity index (χ4n) is 3.62. The van der Waals surface area contributed by atoms with Crippen molar-refractivity contribution in [1.82, 2.24) is 5.32 Å². The van der Waals surface area contributed by atoms with Crippen LogP contribution in [-0.2, 0) is 4.74 Å². The van der Waals surface area contributed by atoms with E-state index in [1.54, 1.807) is 0 Å². The molecule has 0 fully saturated rings. The summed E-state index contributed by atoms with van der Waals surface area (Å²) in [6, 6.07) is 25.7. The molecule has 0 aliphatic heterocycles. The van der Waals surface area contributed by atoms with Crippen molar-refractivity contribution in [2.24, 2.45) is 0 Å². The summed E-state index contributed by atoms with van der Waals surface area (Å²) >= 11 is 0. The molecule has 27 heavy (non-hydrogen) atoms. The molecular formula is C23H21NO3. The highest BCUT2D eigenvalue weighted by molar-refractivity contribution is 5.79. The van der Waals surface area contributed by atoms with Gasteiger partial charge in [-0.15, -0.1) is 0 Å².